The molecule has 1 heterocycles. The highest BCUT2D eigenvalue weighted by atomic mass is 16.5. The van der Waals surface area contributed by atoms with Gasteiger partial charge in [0.15, 0.2) is 0 Å². The van der Waals surface area contributed by atoms with Crippen molar-refractivity contribution < 1.29 is 9.47 Å². The van der Waals surface area contributed by atoms with Crippen LogP contribution in [0, 0.1) is 0 Å². The second kappa shape index (κ2) is 6.64. The standard InChI is InChI=1S/C15H18N2O2/c1-3-18-13-7-4-8-14(10-13)19-11-12-6-5-9-17-15(12)16-2/h4-10H,3,11H2,1-2H3,(H,16,17). The number of rotatable bonds is 6. The second-order valence-electron chi connectivity index (χ2n) is 3.96. The highest BCUT2D eigenvalue weighted by molar-refractivity contribution is 5.43. The van der Waals surface area contributed by atoms with Crippen molar-refractivity contribution in [1.82, 2.24) is 4.98 Å². The van der Waals surface area contributed by atoms with Crippen LogP contribution in [0.5, 0.6) is 11.5 Å². The fraction of sp³-hybridized carbons (Fsp3) is 0.267. The smallest absolute Gasteiger partial charge is 0.132 e. The molecule has 1 N–H and O–H groups in total. The molecule has 0 aliphatic heterocycles. The summed E-state index contributed by atoms with van der Waals surface area (Å²) in [7, 11) is 1.85. The molecule has 0 spiro atoms. The van der Waals surface area contributed by atoms with E-state index in [4.69, 9.17) is 9.47 Å². The van der Waals surface area contributed by atoms with Gasteiger partial charge in [-0.3, -0.25) is 0 Å². The summed E-state index contributed by atoms with van der Waals surface area (Å²) in [4.78, 5) is 4.24. The minimum Gasteiger partial charge on any atom is -0.494 e. The van der Waals surface area contributed by atoms with E-state index in [1.807, 2.05) is 50.4 Å². The van der Waals surface area contributed by atoms with Gasteiger partial charge < -0.3 is 14.8 Å². The molecule has 4 nitrogen and oxygen atoms in total. The molecular weight excluding hydrogens is 240 g/mol. The van der Waals surface area contributed by atoms with Crippen LogP contribution in [0.4, 0.5) is 5.82 Å². The lowest BCUT2D eigenvalue weighted by Crippen LogP contribution is -2.02. The van der Waals surface area contributed by atoms with E-state index in [9.17, 15) is 0 Å². The van der Waals surface area contributed by atoms with Gasteiger partial charge in [0.05, 0.1) is 6.61 Å². The Kier molecular flexibility index (Phi) is 4.61. The SMILES string of the molecule is CCOc1cccc(OCc2cccnc2NC)c1. The molecule has 2 aromatic rings. The van der Waals surface area contributed by atoms with Crippen LogP contribution in [-0.2, 0) is 6.61 Å². The maximum Gasteiger partial charge on any atom is 0.132 e. The maximum absolute atomic E-state index is 5.76. The number of pyridine rings is 1. The van der Waals surface area contributed by atoms with Crippen LogP contribution in [0.25, 0.3) is 0 Å². The van der Waals surface area contributed by atoms with Crippen molar-refractivity contribution in [3.63, 3.8) is 0 Å². The van der Waals surface area contributed by atoms with E-state index in [-0.39, 0.29) is 0 Å². The van der Waals surface area contributed by atoms with Gasteiger partial charge in [-0.2, -0.15) is 0 Å². The van der Waals surface area contributed by atoms with Crippen LogP contribution >= 0.6 is 0 Å². The number of anilines is 1. The number of benzene rings is 1. The molecule has 0 amide bonds. The zero-order valence-electron chi connectivity index (χ0n) is 11.2. The summed E-state index contributed by atoms with van der Waals surface area (Å²) >= 11 is 0. The first-order valence-electron chi connectivity index (χ1n) is 6.30. The van der Waals surface area contributed by atoms with Gasteiger partial charge in [-0.15, -0.1) is 0 Å². The number of aromatic nitrogens is 1. The molecule has 4 heteroatoms. The van der Waals surface area contributed by atoms with Crippen LogP contribution in [0.2, 0.25) is 0 Å². The molecule has 0 radical (unpaired) electrons. The summed E-state index contributed by atoms with van der Waals surface area (Å²) in [5.74, 6) is 2.44. The molecule has 19 heavy (non-hydrogen) atoms. The Balaban J connectivity index is 2.03. The lowest BCUT2D eigenvalue weighted by atomic mass is 10.2. The number of nitrogens with zero attached hydrogens (tertiary/aromatic N) is 1. The highest BCUT2D eigenvalue weighted by Crippen LogP contribution is 2.21. The lowest BCUT2D eigenvalue weighted by molar-refractivity contribution is 0.300. The summed E-state index contributed by atoms with van der Waals surface area (Å²) in [6.45, 7) is 3.08. The molecule has 0 aliphatic carbocycles. The Labute approximate surface area is 113 Å². The Morgan fingerprint density at radius 1 is 1.11 bits per heavy atom. The summed E-state index contributed by atoms with van der Waals surface area (Å²) in [6.07, 6.45) is 1.76. The largest absolute Gasteiger partial charge is 0.494 e. The van der Waals surface area contributed by atoms with E-state index in [0.717, 1.165) is 22.9 Å². The zero-order chi connectivity index (χ0) is 13.5. The summed E-state index contributed by atoms with van der Waals surface area (Å²) in [6, 6.07) is 11.5. The topological polar surface area (TPSA) is 43.4 Å². The molecule has 0 aliphatic rings. The quantitative estimate of drug-likeness (QED) is 0.864. The summed E-state index contributed by atoms with van der Waals surface area (Å²) in [5, 5.41) is 3.05. The van der Waals surface area contributed by atoms with Crippen molar-refractivity contribution in [2.75, 3.05) is 19.0 Å². The number of hydrogen-bond donors (Lipinski definition) is 1. The summed E-state index contributed by atoms with van der Waals surface area (Å²) in [5.41, 5.74) is 1.02. The van der Waals surface area contributed by atoms with Gasteiger partial charge in [0.2, 0.25) is 0 Å². The van der Waals surface area contributed by atoms with E-state index in [0.29, 0.717) is 13.2 Å². The first-order valence-corrected chi connectivity index (χ1v) is 6.30. The van der Waals surface area contributed by atoms with Crippen molar-refractivity contribution in [2.45, 2.75) is 13.5 Å². The molecule has 1 aromatic heterocycles. The molecule has 0 fully saturated rings. The fourth-order valence-electron chi connectivity index (χ4n) is 1.76. The number of nitrogens with one attached hydrogen (secondary N) is 1. The van der Waals surface area contributed by atoms with Gasteiger partial charge in [-0.05, 0) is 25.1 Å². The predicted molar refractivity (Wildman–Crippen MR) is 75.7 cm³/mol. The lowest BCUT2D eigenvalue weighted by Gasteiger charge is -2.10. The predicted octanol–water partition coefficient (Wildman–Crippen LogP) is 3.10. The third-order valence-electron chi connectivity index (χ3n) is 2.64. The molecule has 0 saturated carbocycles. The van der Waals surface area contributed by atoms with E-state index in [2.05, 4.69) is 10.3 Å². The van der Waals surface area contributed by atoms with Gasteiger partial charge in [0.25, 0.3) is 0 Å². The summed E-state index contributed by atoms with van der Waals surface area (Å²) < 4.78 is 11.2. The van der Waals surface area contributed by atoms with E-state index < -0.39 is 0 Å². The monoisotopic (exact) mass is 258 g/mol. The van der Waals surface area contributed by atoms with Gasteiger partial charge in [0.1, 0.15) is 23.9 Å². The molecule has 0 atom stereocenters. The highest BCUT2D eigenvalue weighted by Gasteiger charge is 2.03. The van der Waals surface area contributed by atoms with Crippen LogP contribution in [0.15, 0.2) is 42.6 Å². The van der Waals surface area contributed by atoms with Crippen molar-refractivity contribution >= 4 is 5.82 Å². The van der Waals surface area contributed by atoms with Crippen molar-refractivity contribution in [3.05, 3.63) is 48.2 Å². The van der Waals surface area contributed by atoms with E-state index in [1.165, 1.54) is 0 Å². The molecule has 0 bridgehead atoms. The first-order chi connectivity index (χ1) is 9.33. The Morgan fingerprint density at radius 2 is 1.89 bits per heavy atom. The van der Waals surface area contributed by atoms with Crippen LogP contribution < -0.4 is 14.8 Å². The van der Waals surface area contributed by atoms with Crippen LogP contribution in [-0.4, -0.2) is 18.6 Å². The average molecular weight is 258 g/mol. The Hall–Kier alpha value is -2.23. The molecule has 1 aromatic carbocycles. The molecule has 0 saturated heterocycles. The van der Waals surface area contributed by atoms with Gasteiger partial charge in [0, 0.05) is 24.9 Å². The first kappa shape index (κ1) is 13.2. The average Bonchev–Trinajstić information content (AvgIpc) is 2.46. The minimum atomic E-state index is 0.472. The maximum atomic E-state index is 5.76. The van der Waals surface area contributed by atoms with Gasteiger partial charge in [-0.25, -0.2) is 4.98 Å². The zero-order valence-corrected chi connectivity index (χ0v) is 11.2. The van der Waals surface area contributed by atoms with Crippen LogP contribution in [0.1, 0.15) is 12.5 Å². The normalized spacial score (nSPS) is 10.0. The van der Waals surface area contributed by atoms with Gasteiger partial charge >= 0.3 is 0 Å². The Morgan fingerprint density at radius 3 is 2.63 bits per heavy atom. The fourth-order valence-corrected chi connectivity index (χ4v) is 1.76. The third-order valence-corrected chi connectivity index (χ3v) is 2.64. The molecule has 0 unspecified atom stereocenters. The van der Waals surface area contributed by atoms with Crippen molar-refractivity contribution in [3.8, 4) is 11.5 Å². The number of ether oxygens (including phenoxy) is 2. The van der Waals surface area contributed by atoms with Gasteiger partial charge in [-0.1, -0.05) is 12.1 Å². The van der Waals surface area contributed by atoms with E-state index >= 15 is 0 Å². The third kappa shape index (κ3) is 3.61. The second-order valence-corrected chi connectivity index (χ2v) is 3.96. The molecular formula is C15H18N2O2. The molecule has 2 rings (SSSR count). The van der Waals surface area contributed by atoms with Crippen LogP contribution in [0.3, 0.4) is 0 Å². The van der Waals surface area contributed by atoms with Crippen molar-refractivity contribution in [2.24, 2.45) is 0 Å². The minimum absolute atomic E-state index is 0.472. The van der Waals surface area contributed by atoms with E-state index in [1.54, 1.807) is 6.20 Å². The molecule has 100 valence electrons. The van der Waals surface area contributed by atoms with Crippen molar-refractivity contribution in [1.29, 1.82) is 0 Å². The Bertz CT molecular complexity index is 529. The number of hydrogen-bond acceptors (Lipinski definition) is 4.